The molecule has 3 rings (SSSR count). The highest BCUT2D eigenvalue weighted by molar-refractivity contribution is 6.81. The maximum Gasteiger partial charge on any atom is 0.0714 e. The lowest BCUT2D eigenvalue weighted by molar-refractivity contribution is 1.09. The van der Waals surface area contributed by atoms with Gasteiger partial charge in [0.2, 0.25) is 0 Å². The van der Waals surface area contributed by atoms with Gasteiger partial charge in [0.1, 0.15) is 0 Å². The van der Waals surface area contributed by atoms with Crippen LogP contribution in [-0.4, -0.2) is 8.07 Å². The van der Waals surface area contributed by atoms with Gasteiger partial charge in [-0.25, -0.2) is 0 Å². The zero-order valence-electron chi connectivity index (χ0n) is 11.6. The fraction of sp³-hybridized carbons (Fsp3) is 0.222. The van der Waals surface area contributed by atoms with Gasteiger partial charge in [0, 0.05) is 0 Å². The predicted molar refractivity (Wildman–Crippen MR) is 85.0 cm³/mol. The first-order chi connectivity index (χ1) is 9.19. The van der Waals surface area contributed by atoms with Crippen molar-refractivity contribution in [3.05, 3.63) is 83.9 Å². The van der Waals surface area contributed by atoms with Crippen LogP contribution in [0.15, 0.2) is 72.8 Å². The summed E-state index contributed by atoms with van der Waals surface area (Å²) in [5.41, 5.74) is 4.24. The van der Waals surface area contributed by atoms with Gasteiger partial charge in [-0.1, -0.05) is 85.9 Å². The molecule has 19 heavy (non-hydrogen) atoms. The Labute approximate surface area is 116 Å². The Hall–Kier alpha value is -1.60. The van der Waals surface area contributed by atoms with Crippen molar-refractivity contribution in [1.82, 2.24) is 0 Å². The third kappa shape index (κ3) is 2.19. The fourth-order valence-corrected chi connectivity index (χ4v) is 7.02. The molecule has 0 aliphatic carbocycles. The fourth-order valence-electron chi connectivity index (χ4n) is 3.31. The molecule has 0 nitrogen and oxygen atoms in total. The van der Waals surface area contributed by atoms with E-state index in [4.69, 9.17) is 0 Å². The van der Waals surface area contributed by atoms with Gasteiger partial charge in [-0.2, -0.15) is 0 Å². The van der Waals surface area contributed by atoms with Crippen molar-refractivity contribution in [1.29, 1.82) is 0 Å². The van der Waals surface area contributed by atoms with Crippen LogP contribution in [0.2, 0.25) is 13.1 Å². The lowest BCUT2D eigenvalue weighted by Crippen LogP contribution is -2.37. The van der Waals surface area contributed by atoms with Crippen molar-refractivity contribution < 1.29 is 0 Å². The summed E-state index contributed by atoms with van der Waals surface area (Å²) in [4.78, 5) is 0. The average molecular weight is 264 g/mol. The minimum Gasteiger partial charge on any atom is -0.0834 e. The van der Waals surface area contributed by atoms with E-state index in [0.717, 1.165) is 0 Å². The van der Waals surface area contributed by atoms with Gasteiger partial charge in [-0.3, -0.25) is 0 Å². The molecule has 0 N–H and O–H groups in total. The van der Waals surface area contributed by atoms with E-state index in [-0.39, 0.29) is 0 Å². The van der Waals surface area contributed by atoms with Crippen molar-refractivity contribution in [2.75, 3.05) is 0 Å². The first kappa shape index (κ1) is 12.4. The maximum absolute atomic E-state index is 2.52. The maximum atomic E-state index is 2.52. The number of allylic oxidation sites excluding steroid dienone is 2. The highest BCUT2D eigenvalue weighted by atomic mass is 28.3. The zero-order chi connectivity index (χ0) is 13.3. The summed E-state index contributed by atoms with van der Waals surface area (Å²) in [6, 6.07) is 21.9. The number of hydrogen-bond acceptors (Lipinski definition) is 0. The van der Waals surface area contributed by atoms with Crippen molar-refractivity contribution in [2.24, 2.45) is 0 Å². The largest absolute Gasteiger partial charge is 0.0834 e. The minimum absolute atomic E-state index is 0.638. The van der Waals surface area contributed by atoms with E-state index in [1.54, 1.807) is 0 Å². The minimum atomic E-state index is -1.39. The Morgan fingerprint density at radius 1 is 0.632 bits per heavy atom. The van der Waals surface area contributed by atoms with Crippen LogP contribution in [0.1, 0.15) is 22.2 Å². The average Bonchev–Trinajstić information content (AvgIpc) is 2.76. The lowest BCUT2D eigenvalue weighted by Gasteiger charge is -2.32. The predicted octanol–water partition coefficient (Wildman–Crippen LogP) is 4.91. The molecule has 0 saturated carbocycles. The van der Waals surface area contributed by atoms with Crippen molar-refractivity contribution in [2.45, 2.75) is 24.2 Å². The molecule has 1 heterocycles. The highest BCUT2D eigenvalue weighted by Gasteiger charge is 2.42. The molecule has 0 spiro atoms. The Kier molecular flexibility index (Phi) is 3.15. The normalized spacial score (nSPS) is 24.5. The molecule has 2 aromatic rings. The van der Waals surface area contributed by atoms with Gasteiger partial charge in [0.15, 0.2) is 0 Å². The van der Waals surface area contributed by atoms with E-state index in [9.17, 15) is 0 Å². The SMILES string of the molecule is C[Si]1(C)C(c2ccccc2)C=C[C@@H]1c1ccccc1. The molecule has 2 atom stereocenters. The van der Waals surface area contributed by atoms with E-state index in [0.29, 0.717) is 11.1 Å². The highest BCUT2D eigenvalue weighted by Crippen LogP contribution is 2.44. The summed E-state index contributed by atoms with van der Waals surface area (Å²) in [5.74, 6) is 0. The van der Waals surface area contributed by atoms with E-state index < -0.39 is 8.07 Å². The van der Waals surface area contributed by atoms with E-state index in [2.05, 4.69) is 85.9 Å². The third-order valence-electron chi connectivity index (χ3n) is 4.42. The summed E-state index contributed by atoms with van der Waals surface area (Å²) in [7, 11) is -1.39. The molecule has 1 aliphatic rings. The standard InChI is InChI=1S/C18H20Si/c1-19(2)17(15-9-5-3-6-10-15)13-14-18(19)16-11-7-4-8-12-16/h3-14,17-18H,1-2H3/t17-,18?/m1/s1. The molecule has 1 unspecified atom stereocenters. The van der Waals surface area contributed by atoms with Crippen LogP contribution in [0.4, 0.5) is 0 Å². The Morgan fingerprint density at radius 2 is 1.00 bits per heavy atom. The number of hydrogen-bond donors (Lipinski definition) is 0. The summed E-state index contributed by atoms with van der Waals surface area (Å²) in [6.45, 7) is 5.03. The quantitative estimate of drug-likeness (QED) is 0.534. The summed E-state index contributed by atoms with van der Waals surface area (Å²) >= 11 is 0. The zero-order valence-corrected chi connectivity index (χ0v) is 12.6. The molecule has 0 fully saturated rings. The summed E-state index contributed by atoms with van der Waals surface area (Å²) in [5, 5.41) is 0. The number of benzene rings is 2. The summed E-state index contributed by atoms with van der Waals surface area (Å²) < 4.78 is 0. The van der Waals surface area contributed by atoms with Crippen molar-refractivity contribution >= 4 is 8.07 Å². The van der Waals surface area contributed by atoms with Crippen LogP contribution in [0.5, 0.6) is 0 Å². The smallest absolute Gasteiger partial charge is 0.0714 e. The Balaban J connectivity index is 1.95. The molecule has 0 amide bonds. The van der Waals surface area contributed by atoms with Crippen LogP contribution in [0, 0.1) is 0 Å². The molecule has 1 aliphatic heterocycles. The van der Waals surface area contributed by atoms with Crippen LogP contribution in [0.25, 0.3) is 0 Å². The monoisotopic (exact) mass is 264 g/mol. The lowest BCUT2D eigenvalue weighted by atomic mass is 10.1. The van der Waals surface area contributed by atoms with E-state index >= 15 is 0 Å². The van der Waals surface area contributed by atoms with Gasteiger partial charge in [-0.05, 0) is 22.2 Å². The van der Waals surface area contributed by atoms with Gasteiger partial charge in [0.05, 0.1) is 8.07 Å². The van der Waals surface area contributed by atoms with Crippen LogP contribution < -0.4 is 0 Å². The molecular formula is C18H20Si. The topological polar surface area (TPSA) is 0 Å². The van der Waals surface area contributed by atoms with Gasteiger partial charge in [0.25, 0.3) is 0 Å². The second-order valence-corrected chi connectivity index (χ2v) is 10.9. The first-order valence-corrected chi connectivity index (χ1v) is 10.1. The Morgan fingerprint density at radius 3 is 1.37 bits per heavy atom. The Bertz CT molecular complexity index is 518. The molecule has 1 heteroatoms. The van der Waals surface area contributed by atoms with Gasteiger partial charge < -0.3 is 0 Å². The van der Waals surface area contributed by atoms with Crippen LogP contribution >= 0.6 is 0 Å². The van der Waals surface area contributed by atoms with Crippen LogP contribution in [-0.2, 0) is 0 Å². The molecule has 0 aromatic heterocycles. The molecule has 0 saturated heterocycles. The molecule has 0 bridgehead atoms. The van der Waals surface area contributed by atoms with Gasteiger partial charge in [-0.15, -0.1) is 0 Å². The third-order valence-corrected chi connectivity index (χ3v) is 8.67. The first-order valence-electron chi connectivity index (χ1n) is 6.98. The molecular weight excluding hydrogens is 244 g/mol. The van der Waals surface area contributed by atoms with Crippen LogP contribution in [0.3, 0.4) is 0 Å². The van der Waals surface area contributed by atoms with Gasteiger partial charge >= 0.3 is 0 Å². The molecule has 0 radical (unpaired) electrons. The van der Waals surface area contributed by atoms with Crippen molar-refractivity contribution in [3.8, 4) is 0 Å². The second-order valence-electron chi connectivity index (χ2n) is 5.98. The number of rotatable bonds is 2. The molecule has 96 valence electrons. The van der Waals surface area contributed by atoms with E-state index in [1.807, 2.05) is 0 Å². The molecule has 2 aromatic carbocycles. The van der Waals surface area contributed by atoms with Crippen molar-refractivity contribution in [3.63, 3.8) is 0 Å². The second kappa shape index (κ2) is 4.82. The summed E-state index contributed by atoms with van der Waals surface area (Å²) in [6.07, 6.45) is 4.89. The van der Waals surface area contributed by atoms with E-state index in [1.165, 1.54) is 11.1 Å².